The molecule has 0 aliphatic carbocycles. The van der Waals surface area contributed by atoms with Gasteiger partial charge < -0.3 is 17.3 Å². The molecule has 2 rings (SSSR count). The van der Waals surface area contributed by atoms with Gasteiger partial charge in [0.05, 0.1) is 7.05 Å². The zero-order valence-corrected chi connectivity index (χ0v) is 8.38. The number of rotatable bonds is 0. The van der Waals surface area contributed by atoms with Crippen LogP contribution in [0, 0.1) is 5.95 Å². The predicted molar refractivity (Wildman–Crippen MR) is 47.8 cm³/mol. The first-order chi connectivity index (χ1) is 7.27. The molecule has 0 atom stereocenters. The van der Waals surface area contributed by atoms with Crippen molar-refractivity contribution in [2.75, 3.05) is 18.5 Å². The molecule has 0 saturated carbocycles. The van der Waals surface area contributed by atoms with Crippen molar-refractivity contribution < 1.29 is 26.3 Å². The standard InChI is InChI=1S/C7H9FN3.BF4/c1-10-4-5-11-7(10)3-2-6(8)9-11;2-1(3,4)5/h2-3H,4-5H2,1H3;/q+1;-1. The van der Waals surface area contributed by atoms with Crippen LogP contribution in [0.1, 0.15) is 0 Å². The van der Waals surface area contributed by atoms with Gasteiger partial charge in [-0.05, 0) is 0 Å². The lowest BCUT2D eigenvalue weighted by atomic mass is 10.3. The van der Waals surface area contributed by atoms with Gasteiger partial charge in [-0.1, -0.05) is 5.10 Å². The van der Waals surface area contributed by atoms with E-state index in [1.807, 2.05) is 11.9 Å². The first-order valence-corrected chi connectivity index (χ1v) is 4.42. The van der Waals surface area contributed by atoms with Gasteiger partial charge in [-0.3, -0.25) is 4.90 Å². The van der Waals surface area contributed by atoms with Crippen LogP contribution in [0.3, 0.4) is 0 Å². The third kappa shape index (κ3) is 3.99. The summed E-state index contributed by atoms with van der Waals surface area (Å²) in [5, 5.41) is 3.71. The lowest BCUT2D eigenvalue weighted by Gasteiger charge is -1.98. The first-order valence-electron chi connectivity index (χ1n) is 4.42. The summed E-state index contributed by atoms with van der Waals surface area (Å²) in [7, 11) is -4.03. The molecule has 1 aliphatic rings. The van der Waals surface area contributed by atoms with Crippen LogP contribution < -0.4 is 9.58 Å². The Morgan fingerprint density at radius 1 is 1.31 bits per heavy atom. The first kappa shape index (κ1) is 12.7. The normalized spacial score (nSPS) is 14.2. The Kier molecular flexibility index (Phi) is 3.66. The Balaban J connectivity index is 0.000000221. The maximum Gasteiger partial charge on any atom is 0.673 e. The number of nitrogens with zero attached hydrogens (tertiary/aromatic N) is 3. The van der Waals surface area contributed by atoms with Crippen molar-refractivity contribution in [3.8, 4) is 0 Å². The van der Waals surface area contributed by atoms with Crippen LogP contribution in [0.4, 0.5) is 27.5 Å². The van der Waals surface area contributed by atoms with Crippen molar-refractivity contribution in [2.24, 2.45) is 0 Å². The lowest BCUT2D eigenvalue weighted by Crippen LogP contribution is -2.36. The molecule has 90 valence electrons. The number of aromatic nitrogens is 2. The zero-order valence-electron chi connectivity index (χ0n) is 8.38. The molecule has 0 radical (unpaired) electrons. The number of hydrogen-bond donors (Lipinski definition) is 0. The minimum Gasteiger partial charge on any atom is -0.418 e. The number of anilines is 1. The van der Waals surface area contributed by atoms with Crippen LogP contribution in [0.15, 0.2) is 12.1 Å². The summed E-state index contributed by atoms with van der Waals surface area (Å²) in [6.45, 7) is 1.69. The largest absolute Gasteiger partial charge is 0.673 e. The fourth-order valence-electron chi connectivity index (χ4n) is 1.28. The van der Waals surface area contributed by atoms with Crippen LogP contribution in [0.2, 0.25) is 0 Å². The molecular formula is C7H9BF5N3. The predicted octanol–water partition coefficient (Wildman–Crippen LogP) is 1.26. The maximum absolute atomic E-state index is 12.5. The van der Waals surface area contributed by atoms with Gasteiger partial charge in [0.15, 0.2) is 6.54 Å². The topological polar surface area (TPSA) is 20.0 Å². The fraction of sp³-hybridized carbons (Fsp3) is 0.429. The number of fused-ring (bicyclic) bond motifs is 1. The van der Waals surface area contributed by atoms with Crippen molar-refractivity contribution in [3.05, 3.63) is 18.1 Å². The van der Waals surface area contributed by atoms with E-state index in [0.717, 1.165) is 18.9 Å². The van der Waals surface area contributed by atoms with Gasteiger partial charge in [0.25, 0.3) is 11.8 Å². The molecule has 0 N–H and O–H groups in total. The van der Waals surface area contributed by atoms with E-state index in [4.69, 9.17) is 0 Å². The van der Waals surface area contributed by atoms with Crippen LogP contribution in [-0.4, -0.2) is 25.9 Å². The van der Waals surface area contributed by atoms with Gasteiger partial charge in [0, 0.05) is 12.1 Å². The number of hydrogen-bond acceptors (Lipinski definition) is 2. The highest BCUT2D eigenvalue weighted by atomic mass is 19.5. The molecule has 0 saturated heterocycles. The Labute approximate surface area is 88.6 Å². The van der Waals surface area contributed by atoms with Crippen LogP contribution in [-0.2, 0) is 6.54 Å². The van der Waals surface area contributed by atoms with E-state index in [1.165, 1.54) is 6.07 Å². The van der Waals surface area contributed by atoms with E-state index in [9.17, 15) is 21.7 Å². The smallest absolute Gasteiger partial charge is 0.418 e. The Hall–Kier alpha value is -1.41. The summed E-state index contributed by atoms with van der Waals surface area (Å²) in [5.74, 6) is 0.565. The van der Waals surface area contributed by atoms with E-state index >= 15 is 0 Å². The fourth-order valence-corrected chi connectivity index (χ4v) is 1.28. The molecule has 0 aromatic carbocycles. The Bertz CT molecular complexity index is 364. The van der Waals surface area contributed by atoms with E-state index in [2.05, 4.69) is 5.10 Å². The second-order valence-electron chi connectivity index (χ2n) is 3.15. The van der Waals surface area contributed by atoms with Gasteiger partial charge in [0.2, 0.25) is 0 Å². The van der Waals surface area contributed by atoms with Crippen LogP contribution >= 0.6 is 0 Å². The SMILES string of the molecule is CN1CC[n+]2nc(F)ccc21.F[B-](F)(F)F. The van der Waals surface area contributed by atoms with E-state index in [1.54, 1.807) is 10.7 Å². The molecule has 2 heterocycles. The number of likely N-dealkylation sites (N-methyl/N-ethyl adjacent to an activating group) is 1. The average molecular weight is 241 g/mol. The molecule has 9 heteroatoms. The third-order valence-electron chi connectivity index (χ3n) is 1.89. The third-order valence-corrected chi connectivity index (χ3v) is 1.89. The Morgan fingerprint density at radius 2 is 1.88 bits per heavy atom. The maximum atomic E-state index is 12.5. The van der Waals surface area contributed by atoms with Crippen molar-refractivity contribution in [2.45, 2.75) is 6.54 Å². The molecule has 0 amide bonds. The monoisotopic (exact) mass is 241 g/mol. The minimum atomic E-state index is -6.00. The summed E-state index contributed by atoms with van der Waals surface area (Å²) in [6.07, 6.45) is 0. The van der Waals surface area contributed by atoms with Gasteiger partial charge in [-0.25, -0.2) is 0 Å². The van der Waals surface area contributed by atoms with Gasteiger partial charge in [0.1, 0.15) is 6.54 Å². The summed E-state index contributed by atoms with van der Waals surface area (Å²) in [4.78, 5) is 2.05. The van der Waals surface area contributed by atoms with Crippen molar-refractivity contribution in [3.63, 3.8) is 0 Å². The van der Waals surface area contributed by atoms with Gasteiger partial charge >= 0.3 is 7.25 Å². The molecule has 16 heavy (non-hydrogen) atoms. The molecule has 1 aromatic heterocycles. The highest BCUT2D eigenvalue weighted by molar-refractivity contribution is 6.50. The van der Waals surface area contributed by atoms with Crippen molar-refractivity contribution in [1.82, 2.24) is 5.10 Å². The quantitative estimate of drug-likeness (QED) is 0.387. The molecule has 0 bridgehead atoms. The van der Waals surface area contributed by atoms with E-state index in [-0.39, 0.29) is 0 Å². The van der Waals surface area contributed by atoms with Crippen molar-refractivity contribution >= 4 is 13.1 Å². The summed E-state index contributed by atoms with van der Waals surface area (Å²) >= 11 is 0. The molecule has 1 aromatic rings. The highest BCUT2D eigenvalue weighted by Crippen LogP contribution is 2.09. The van der Waals surface area contributed by atoms with E-state index < -0.39 is 13.2 Å². The van der Waals surface area contributed by atoms with Gasteiger partial charge in [-0.15, -0.1) is 4.68 Å². The van der Waals surface area contributed by atoms with Gasteiger partial charge in [-0.2, -0.15) is 4.39 Å². The summed E-state index contributed by atoms with van der Waals surface area (Å²) in [5.41, 5.74) is 0. The molecule has 0 fully saturated rings. The minimum absolute atomic E-state index is 0.413. The van der Waals surface area contributed by atoms with Crippen molar-refractivity contribution in [1.29, 1.82) is 0 Å². The second kappa shape index (κ2) is 4.62. The molecule has 3 nitrogen and oxygen atoms in total. The van der Waals surface area contributed by atoms with Crippen LogP contribution in [0.25, 0.3) is 0 Å². The number of halogens is 5. The average Bonchev–Trinajstić information content (AvgIpc) is 2.44. The molecule has 0 spiro atoms. The second-order valence-corrected chi connectivity index (χ2v) is 3.15. The zero-order chi connectivity index (χ0) is 12.3. The summed E-state index contributed by atoms with van der Waals surface area (Å²) < 4.78 is 53.2. The molecule has 1 aliphatic heterocycles. The summed E-state index contributed by atoms with van der Waals surface area (Å²) in [6, 6.07) is 3.13. The van der Waals surface area contributed by atoms with Crippen LogP contribution in [0.5, 0.6) is 0 Å². The molecule has 0 unspecified atom stereocenters. The lowest BCUT2D eigenvalue weighted by molar-refractivity contribution is -0.732. The van der Waals surface area contributed by atoms with E-state index in [0.29, 0.717) is 0 Å². The Morgan fingerprint density at radius 3 is 2.44 bits per heavy atom. The highest BCUT2D eigenvalue weighted by Gasteiger charge is 2.24. The molecular weight excluding hydrogens is 232 g/mol.